The van der Waals surface area contributed by atoms with Crippen LogP contribution in [0.3, 0.4) is 0 Å². The third-order valence-electron chi connectivity index (χ3n) is 3.13. The second-order valence-corrected chi connectivity index (χ2v) is 4.62. The third kappa shape index (κ3) is 5.46. The second kappa shape index (κ2) is 8.05. The number of carboxylic acids is 1. The molecule has 1 unspecified atom stereocenters. The van der Waals surface area contributed by atoms with E-state index in [0.717, 1.165) is 19.4 Å². The van der Waals surface area contributed by atoms with Gasteiger partial charge in [0.1, 0.15) is 6.61 Å². The molecule has 0 spiro atoms. The van der Waals surface area contributed by atoms with Crippen molar-refractivity contribution >= 4 is 11.9 Å². The number of hydrogen-bond acceptors (Lipinski definition) is 4. The van der Waals surface area contributed by atoms with Gasteiger partial charge in [-0.3, -0.25) is 9.59 Å². The highest BCUT2D eigenvalue weighted by atomic mass is 16.5. The number of rotatable bonds is 7. The zero-order chi connectivity index (χ0) is 13.4. The van der Waals surface area contributed by atoms with Gasteiger partial charge in [-0.1, -0.05) is 0 Å². The van der Waals surface area contributed by atoms with E-state index < -0.39 is 5.97 Å². The fourth-order valence-electron chi connectivity index (χ4n) is 2.19. The number of carbonyl (C=O) groups is 2. The smallest absolute Gasteiger partial charge is 0.303 e. The first kappa shape index (κ1) is 14.9. The van der Waals surface area contributed by atoms with Crippen molar-refractivity contribution in [2.75, 3.05) is 32.8 Å². The molecule has 0 aromatic rings. The Labute approximate surface area is 107 Å². The fourth-order valence-corrected chi connectivity index (χ4v) is 2.19. The zero-order valence-electron chi connectivity index (χ0n) is 10.6. The molecule has 0 bridgehead atoms. The topological polar surface area (TPSA) is 92.9 Å². The largest absolute Gasteiger partial charge is 0.481 e. The monoisotopic (exact) mass is 258 g/mol. The summed E-state index contributed by atoms with van der Waals surface area (Å²) < 4.78 is 5.12. The van der Waals surface area contributed by atoms with Crippen LogP contribution in [-0.2, 0) is 14.3 Å². The Morgan fingerprint density at radius 2 is 2.22 bits per heavy atom. The SMILES string of the molecule is NCCOCC(=O)N1CCCC(CCC(=O)O)C1. The molecule has 6 heteroatoms. The number of aliphatic carboxylic acids is 1. The predicted octanol–water partition coefficient (Wildman–Crippen LogP) is 0.0651. The zero-order valence-corrected chi connectivity index (χ0v) is 10.6. The highest BCUT2D eigenvalue weighted by Crippen LogP contribution is 2.21. The Kier molecular flexibility index (Phi) is 6.67. The van der Waals surface area contributed by atoms with Crippen LogP contribution in [0.25, 0.3) is 0 Å². The Balaban J connectivity index is 2.28. The van der Waals surface area contributed by atoms with Crippen LogP contribution >= 0.6 is 0 Å². The van der Waals surface area contributed by atoms with E-state index in [0.29, 0.717) is 32.0 Å². The van der Waals surface area contributed by atoms with Gasteiger partial charge in [0.15, 0.2) is 0 Å². The molecule has 0 aliphatic carbocycles. The first-order valence-electron chi connectivity index (χ1n) is 6.41. The molecular weight excluding hydrogens is 236 g/mol. The average molecular weight is 258 g/mol. The molecule has 3 N–H and O–H groups in total. The number of nitrogens with zero attached hydrogens (tertiary/aromatic N) is 1. The predicted molar refractivity (Wildman–Crippen MR) is 66.0 cm³/mol. The highest BCUT2D eigenvalue weighted by Gasteiger charge is 2.23. The molecule has 104 valence electrons. The molecule has 1 amide bonds. The molecule has 1 aliphatic heterocycles. The number of likely N-dealkylation sites (tertiary alicyclic amines) is 1. The van der Waals surface area contributed by atoms with Crippen LogP contribution in [0.15, 0.2) is 0 Å². The number of amides is 1. The van der Waals surface area contributed by atoms with Gasteiger partial charge in [0.25, 0.3) is 0 Å². The highest BCUT2D eigenvalue weighted by molar-refractivity contribution is 5.77. The maximum Gasteiger partial charge on any atom is 0.303 e. The van der Waals surface area contributed by atoms with E-state index in [1.54, 1.807) is 4.90 Å². The molecule has 0 aromatic heterocycles. The molecule has 1 heterocycles. The van der Waals surface area contributed by atoms with E-state index in [1.165, 1.54) is 0 Å². The van der Waals surface area contributed by atoms with Gasteiger partial charge in [-0.2, -0.15) is 0 Å². The summed E-state index contributed by atoms with van der Waals surface area (Å²) in [5.41, 5.74) is 5.28. The quantitative estimate of drug-likeness (QED) is 0.630. The lowest BCUT2D eigenvalue weighted by atomic mass is 9.93. The standard InChI is InChI=1S/C12H22N2O4/c13-5-7-18-9-11(15)14-6-1-2-10(8-14)3-4-12(16)17/h10H,1-9,13H2,(H,16,17). The van der Waals surface area contributed by atoms with Crippen molar-refractivity contribution < 1.29 is 19.4 Å². The number of carbonyl (C=O) groups excluding carboxylic acids is 1. The Hall–Kier alpha value is -1.14. The van der Waals surface area contributed by atoms with Crippen molar-refractivity contribution in [3.05, 3.63) is 0 Å². The van der Waals surface area contributed by atoms with Crippen LogP contribution < -0.4 is 5.73 Å². The molecule has 6 nitrogen and oxygen atoms in total. The summed E-state index contributed by atoms with van der Waals surface area (Å²) in [4.78, 5) is 24.1. The van der Waals surface area contributed by atoms with Crippen LogP contribution in [-0.4, -0.2) is 54.7 Å². The van der Waals surface area contributed by atoms with Crippen LogP contribution in [0.2, 0.25) is 0 Å². The van der Waals surface area contributed by atoms with Gasteiger partial charge in [-0.15, -0.1) is 0 Å². The molecule has 0 aromatic carbocycles. The number of ether oxygens (including phenoxy) is 1. The van der Waals surface area contributed by atoms with Gasteiger partial charge < -0.3 is 20.5 Å². The minimum atomic E-state index is -0.773. The molecule has 1 atom stereocenters. The maximum atomic E-state index is 11.8. The second-order valence-electron chi connectivity index (χ2n) is 4.62. The Bertz CT molecular complexity index is 283. The molecule has 0 radical (unpaired) electrons. The van der Waals surface area contributed by atoms with E-state index in [1.807, 2.05) is 0 Å². The van der Waals surface area contributed by atoms with Crippen molar-refractivity contribution in [3.63, 3.8) is 0 Å². The van der Waals surface area contributed by atoms with Crippen LogP contribution in [0, 0.1) is 5.92 Å². The van der Waals surface area contributed by atoms with Gasteiger partial charge >= 0.3 is 5.97 Å². The molecule has 1 saturated heterocycles. The van der Waals surface area contributed by atoms with Crippen LogP contribution in [0.5, 0.6) is 0 Å². The van der Waals surface area contributed by atoms with Crippen molar-refractivity contribution in [1.82, 2.24) is 4.90 Å². The van der Waals surface area contributed by atoms with Gasteiger partial charge in [0.2, 0.25) is 5.91 Å². The summed E-state index contributed by atoms with van der Waals surface area (Å²) in [6.45, 7) is 2.27. The summed E-state index contributed by atoms with van der Waals surface area (Å²) in [6, 6.07) is 0. The van der Waals surface area contributed by atoms with Crippen molar-refractivity contribution in [1.29, 1.82) is 0 Å². The summed E-state index contributed by atoms with van der Waals surface area (Å²) >= 11 is 0. The Morgan fingerprint density at radius 1 is 1.44 bits per heavy atom. The fraction of sp³-hybridized carbons (Fsp3) is 0.833. The third-order valence-corrected chi connectivity index (χ3v) is 3.13. The van der Waals surface area contributed by atoms with E-state index in [-0.39, 0.29) is 18.9 Å². The van der Waals surface area contributed by atoms with E-state index in [2.05, 4.69) is 0 Å². The van der Waals surface area contributed by atoms with Gasteiger partial charge in [0.05, 0.1) is 6.61 Å². The van der Waals surface area contributed by atoms with Crippen molar-refractivity contribution in [2.24, 2.45) is 11.7 Å². The van der Waals surface area contributed by atoms with Crippen molar-refractivity contribution in [2.45, 2.75) is 25.7 Å². The average Bonchev–Trinajstić information content (AvgIpc) is 2.37. The number of carboxylic acid groups (broad SMARTS) is 1. The molecule has 18 heavy (non-hydrogen) atoms. The molecule has 1 rings (SSSR count). The van der Waals surface area contributed by atoms with E-state index in [4.69, 9.17) is 15.6 Å². The number of hydrogen-bond donors (Lipinski definition) is 2. The summed E-state index contributed by atoms with van der Waals surface area (Å²) in [5, 5.41) is 8.65. The summed E-state index contributed by atoms with van der Waals surface area (Å²) in [6.07, 6.45) is 2.76. The molecular formula is C12H22N2O4. The molecule has 0 saturated carbocycles. The lowest BCUT2D eigenvalue weighted by Crippen LogP contribution is -2.42. The van der Waals surface area contributed by atoms with Crippen molar-refractivity contribution in [3.8, 4) is 0 Å². The number of piperidine rings is 1. The van der Waals surface area contributed by atoms with E-state index >= 15 is 0 Å². The first-order valence-corrected chi connectivity index (χ1v) is 6.41. The van der Waals surface area contributed by atoms with E-state index in [9.17, 15) is 9.59 Å². The van der Waals surface area contributed by atoms with Crippen LogP contribution in [0.1, 0.15) is 25.7 Å². The van der Waals surface area contributed by atoms with Gasteiger partial charge in [0, 0.05) is 26.1 Å². The lowest BCUT2D eigenvalue weighted by molar-refractivity contribution is -0.138. The maximum absolute atomic E-state index is 11.8. The number of nitrogens with two attached hydrogens (primary N) is 1. The first-order chi connectivity index (χ1) is 8.63. The summed E-state index contributed by atoms with van der Waals surface area (Å²) in [5.74, 6) is -0.499. The van der Waals surface area contributed by atoms with Gasteiger partial charge in [-0.25, -0.2) is 0 Å². The van der Waals surface area contributed by atoms with Gasteiger partial charge in [-0.05, 0) is 25.2 Å². The molecule has 1 aliphatic rings. The summed E-state index contributed by atoms with van der Waals surface area (Å²) in [7, 11) is 0. The minimum absolute atomic E-state index is 0.0246. The Morgan fingerprint density at radius 3 is 2.89 bits per heavy atom. The normalized spacial score (nSPS) is 19.8. The molecule has 1 fully saturated rings. The minimum Gasteiger partial charge on any atom is -0.481 e. The van der Waals surface area contributed by atoms with Crippen LogP contribution in [0.4, 0.5) is 0 Å². The lowest BCUT2D eigenvalue weighted by Gasteiger charge is -2.32.